The molecule has 15 heavy (non-hydrogen) atoms. The molecule has 0 bridgehead atoms. The summed E-state index contributed by atoms with van der Waals surface area (Å²) in [4.78, 5) is 18.3. The maximum atomic E-state index is 12.0. The van der Waals surface area contributed by atoms with Crippen molar-refractivity contribution in [2.75, 3.05) is 18.0 Å². The number of carbonyl (C=O) groups excluding carboxylic acids is 1. The van der Waals surface area contributed by atoms with Crippen molar-refractivity contribution in [3.05, 3.63) is 28.2 Å². The highest BCUT2D eigenvalue weighted by Gasteiger charge is 2.34. The quantitative estimate of drug-likeness (QED) is 0.720. The van der Waals surface area contributed by atoms with Crippen LogP contribution in [0.1, 0.15) is 16.8 Å². The Morgan fingerprint density at radius 2 is 2.27 bits per heavy atom. The number of rotatable bonds is 0. The maximum absolute atomic E-state index is 12.0. The molecule has 3 nitrogen and oxygen atoms in total. The molecule has 0 fully saturated rings. The first-order valence-corrected chi connectivity index (χ1v) is 5.73. The monoisotopic (exact) mass is 264 g/mol. The average Bonchev–Trinajstić information content (AvgIpc) is 2.54. The molecule has 4 heteroatoms. The molecule has 0 unspecified atom stereocenters. The van der Waals surface area contributed by atoms with Gasteiger partial charge in [-0.1, -0.05) is 15.9 Å². The fourth-order valence-electron chi connectivity index (χ4n) is 2.08. The van der Waals surface area contributed by atoms with Gasteiger partial charge in [0.2, 0.25) is 5.78 Å². The molecule has 0 aromatic heterocycles. The van der Waals surface area contributed by atoms with Gasteiger partial charge in [0.05, 0.1) is 11.3 Å². The zero-order valence-corrected chi connectivity index (χ0v) is 9.62. The number of anilines is 1. The normalized spacial score (nSPS) is 18.6. The molecule has 3 rings (SSSR count). The van der Waals surface area contributed by atoms with Crippen LogP contribution in [0.3, 0.4) is 0 Å². The second kappa shape index (κ2) is 3.17. The first-order valence-electron chi connectivity index (χ1n) is 4.93. The van der Waals surface area contributed by atoms with Crippen LogP contribution in [0.25, 0.3) is 0 Å². The van der Waals surface area contributed by atoms with Crippen molar-refractivity contribution in [2.24, 2.45) is 4.99 Å². The molecule has 0 radical (unpaired) electrons. The van der Waals surface area contributed by atoms with Crippen LogP contribution in [-0.4, -0.2) is 24.7 Å². The van der Waals surface area contributed by atoms with Gasteiger partial charge in [-0.25, -0.2) is 0 Å². The van der Waals surface area contributed by atoms with Crippen LogP contribution in [0.5, 0.6) is 0 Å². The van der Waals surface area contributed by atoms with Crippen LogP contribution >= 0.6 is 15.9 Å². The molecule has 0 N–H and O–H groups in total. The van der Waals surface area contributed by atoms with Gasteiger partial charge in [0.1, 0.15) is 0 Å². The molecule has 0 amide bonds. The molecule has 2 aliphatic rings. The Morgan fingerprint density at radius 1 is 1.40 bits per heavy atom. The lowest BCUT2D eigenvalue weighted by molar-refractivity contribution is 0.106. The Balaban J connectivity index is 2.21. The summed E-state index contributed by atoms with van der Waals surface area (Å²) >= 11 is 3.38. The Labute approximate surface area is 95.9 Å². The lowest BCUT2D eigenvalue weighted by atomic mass is 10.1. The maximum Gasteiger partial charge on any atom is 0.230 e. The number of carbonyl (C=O) groups is 1. The van der Waals surface area contributed by atoms with Gasteiger partial charge in [0, 0.05) is 17.6 Å². The predicted molar refractivity (Wildman–Crippen MR) is 62.7 cm³/mol. The highest BCUT2D eigenvalue weighted by atomic mass is 79.9. The van der Waals surface area contributed by atoms with Crippen molar-refractivity contribution >= 4 is 33.2 Å². The molecule has 1 aromatic carbocycles. The fourth-order valence-corrected chi connectivity index (χ4v) is 2.44. The van der Waals surface area contributed by atoms with E-state index in [0.717, 1.165) is 35.2 Å². The van der Waals surface area contributed by atoms with Crippen molar-refractivity contribution in [1.82, 2.24) is 0 Å². The Hall–Kier alpha value is -1.16. The first-order chi connectivity index (χ1) is 7.27. The summed E-state index contributed by atoms with van der Waals surface area (Å²) in [5.41, 5.74) is 1.77. The first kappa shape index (κ1) is 9.09. The van der Waals surface area contributed by atoms with E-state index >= 15 is 0 Å². The Morgan fingerprint density at radius 3 is 3.13 bits per heavy atom. The van der Waals surface area contributed by atoms with Crippen molar-refractivity contribution in [2.45, 2.75) is 6.42 Å². The summed E-state index contributed by atoms with van der Waals surface area (Å²) < 4.78 is 0.940. The molecule has 0 saturated heterocycles. The summed E-state index contributed by atoms with van der Waals surface area (Å²) in [6, 6.07) is 5.81. The minimum absolute atomic E-state index is 0.0611. The summed E-state index contributed by atoms with van der Waals surface area (Å²) in [6.45, 7) is 1.67. The summed E-state index contributed by atoms with van der Waals surface area (Å²) in [5, 5.41) is 0. The van der Waals surface area contributed by atoms with E-state index in [1.165, 1.54) is 0 Å². The molecule has 0 saturated carbocycles. The number of fused-ring (bicyclic) bond motifs is 3. The van der Waals surface area contributed by atoms with Gasteiger partial charge < -0.3 is 4.90 Å². The zero-order valence-electron chi connectivity index (χ0n) is 8.03. The van der Waals surface area contributed by atoms with Crippen LogP contribution in [-0.2, 0) is 0 Å². The smallest absolute Gasteiger partial charge is 0.230 e. The van der Waals surface area contributed by atoms with Gasteiger partial charge in [0.15, 0.2) is 5.84 Å². The highest BCUT2D eigenvalue weighted by molar-refractivity contribution is 9.10. The molecular formula is C11H9BrN2O. The summed E-state index contributed by atoms with van der Waals surface area (Å²) in [6.07, 6.45) is 1.02. The number of hydrogen-bond donors (Lipinski definition) is 0. The van der Waals surface area contributed by atoms with E-state index in [1.807, 2.05) is 23.1 Å². The third-order valence-electron chi connectivity index (χ3n) is 2.75. The van der Waals surface area contributed by atoms with E-state index in [1.54, 1.807) is 0 Å². The van der Waals surface area contributed by atoms with Gasteiger partial charge in [-0.2, -0.15) is 0 Å². The van der Waals surface area contributed by atoms with E-state index in [9.17, 15) is 4.79 Å². The van der Waals surface area contributed by atoms with Gasteiger partial charge >= 0.3 is 0 Å². The molecule has 1 aromatic rings. The van der Waals surface area contributed by atoms with Crippen LogP contribution in [0.2, 0.25) is 0 Å². The molecule has 76 valence electrons. The molecule has 2 heterocycles. The topological polar surface area (TPSA) is 32.7 Å². The number of ketones is 1. The summed E-state index contributed by atoms with van der Waals surface area (Å²) in [5.74, 6) is 0.681. The number of benzene rings is 1. The Bertz CT molecular complexity index is 481. The summed E-state index contributed by atoms with van der Waals surface area (Å²) in [7, 11) is 0. The second-order valence-corrected chi connectivity index (χ2v) is 4.62. The number of Topliss-reactive ketones (excluding diaryl/α,β-unsaturated/α-hetero) is 1. The predicted octanol–water partition coefficient (Wildman–Crippen LogP) is 2.25. The highest BCUT2D eigenvalue weighted by Crippen LogP contribution is 2.33. The largest absolute Gasteiger partial charge is 0.323 e. The van der Waals surface area contributed by atoms with E-state index in [4.69, 9.17) is 0 Å². The lowest BCUT2D eigenvalue weighted by Crippen LogP contribution is -2.34. The van der Waals surface area contributed by atoms with Crippen molar-refractivity contribution in [3.8, 4) is 0 Å². The van der Waals surface area contributed by atoms with Gasteiger partial charge in [0.25, 0.3) is 0 Å². The SMILES string of the molecule is O=C1C2=NCCCN2c2ccc(Br)cc21. The molecule has 0 spiro atoms. The number of amidine groups is 1. The standard InChI is InChI=1S/C11H9BrN2O/c12-7-2-3-9-8(6-7)10(15)11-13-4-1-5-14(9)11/h2-3,6H,1,4-5H2. The third-order valence-corrected chi connectivity index (χ3v) is 3.25. The minimum atomic E-state index is 0.0611. The zero-order chi connectivity index (χ0) is 10.4. The lowest BCUT2D eigenvalue weighted by Gasteiger charge is -2.22. The molecule has 2 aliphatic heterocycles. The molecule has 0 atom stereocenters. The number of aliphatic imine (C=N–C) groups is 1. The van der Waals surface area contributed by atoms with Crippen molar-refractivity contribution in [3.63, 3.8) is 0 Å². The minimum Gasteiger partial charge on any atom is -0.323 e. The number of hydrogen-bond acceptors (Lipinski definition) is 3. The van der Waals surface area contributed by atoms with Gasteiger partial charge in [-0.15, -0.1) is 0 Å². The van der Waals surface area contributed by atoms with E-state index in [-0.39, 0.29) is 5.78 Å². The van der Waals surface area contributed by atoms with Gasteiger partial charge in [-0.05, 0) is 24.6 Å². The van der Waals surface area contributed by atoms with Gasteiger partial charge in [-0.3, -0.25) is 9.79 Å². The van der Waals surface area contributed by atoms with E-state index in [0.29, 0.717) is 5.84 Å². The number of halogens is 1. The van der Waals surface area contributed by atoms with Crippen molar-refractivity contribution in [1.29, 1.82) is 0 Å². The second-order valence-electron chi connectivity index (χ2n) is 3.70. The average molecular weight is 265 g/mol. The van der Waals surface area contributed by atoms with Crippen LogP contribution in [0, 0.1) is 0 Å². The third kappa shape index (κ3) is 1.24. The van der Waals surface area contributed by atoms with Crippen LogP contribution in [0.4, 0.5) is 5.69 Å². The van der Waals surface area contributed by atoms with E-state index in [2.05, 4.69) is 20.9 Å². The number of nitrogens with zero attached hydrogens (tertiary/aromatic N) is 2. The van der Waals surface area contributed by atoms with Crippen LogP contribution in [0.15, 0.2) is 27.7 Å². The van der Waals surface area contributed by atoms with E-state index < -0.39 is 0 Å². The fraction of sp³-hybridized carbons (Fsp3) is 0.273. The Kier molecular flexibility index (Phi) is 1.92. The van der Waals surface area contributed by atoms with Crippen molar-refractivity contribution < 1.29 is 4.79 Å². The molecule has 0 aliphatic carbocycles. The van der Waals surface area contributed by atoms with Crippen LogP contribution < -0.4 is 4.90 Å². The molecular weight excluding hydrogens is 256 g/mol.